The molecule has 2 aliphatic rings. The summed E-state index contributed by atoms with van der Waals surface area (Å²) >= 11 is 0. The third kappa shape index (κ3) is 4.26. The summed E-state index contributed by atoms with van der Waals surface area (Å²) < 4.78 is 5.41. The van der Waals surface area contributed by atoms with Crippen molar-refractivity contribution in [3.8, 4) is 0 Å². The summed E-state index contributed by atoms with van der Waals surface area (Å²) in [6, 6.07) is 6.58. The first-order valence-electron chi connectivity index (χ1n) is 10.1. The number of ether oxygens (including phenoxy) is 1. The van der Waals surface area contributed by atoms with Gasteiger partial charge in [0.25, 0.3) is 0 Å². The van der Waals surface area contributed by atoms with Crippen molar-refractivity contribution in [1.82, 2.24) is 15.1 Å². The molecule has 4 rings (SSSR count). The van der Waals surface area contributed by atoms with Crippen LogP contribution in [0.3, 0.4) is 0 Å². The van der Waals surface area contributed by atoms with Crippen LogP contribution in [0.2, 0.25) is 0 Å². The number of aromatic amines is 1. The second-order valence-electron chi connectivity index (χ2n) is 7.93. The van der Waals surface area contributed by atoms with Crippen LogP contribution in [0.4, 0.5) is 0 Å². The van der Waals surface area contributed by atoms with Crippen molar-refractivity contribution in [2.75, 3.05) is 26.3 Å². The van der Waals surface area contributed by atoms with Crippen LogP contribution in [0.15, 0.2) is 24.4 Å². The molecule has 26 heavy (non-hydrogen) atoms. The Morgan fingerprint density at radius 1 is 1.15 bits per heavy atom. The zero-order valence-electron chi connectivity index (χ0n) is 15.5. The molecule has 0 saturated carbocycles. The molecule has 5 nitrogen and oxygen atoms in total. The minimum absolute atomic E-state index is 0.359. The van der Waals surface area contributed by atoms with Gasteiger partial charge in [0.05, 0.1) is 11.7 Å². The van der Waals surface area contributed by atoms with Gasteiger partial charge in [-0.05, 0) is 68.1 Å². The average molecular weight is 355 g/mol. The van der Waals surface area contributed by atoms with Crippen molar-refractivity contribution in [2.24, 2.45) is 11.8 Å². The van der Waals surface area contributed by atoms with Crippen molar-refractivity contribution in [2.45, 2.75) is 44.9 Å². The minimum Gasteiger partial charge on any atom is -0.381 e. The molecule has 1 amide bonds. The average Bonchev–Trinajstić information content (AvgIpc) is 3.00. The van der Waals surface area contributed by atoms with E-state index in [0.29, 0.717) is 24.2 Å². The summed E-state index contributed by atoms with van der Waals surface area (Å²) in [5.41, 5.74) is 2.48. The second kappa shape index (κ2) is 8.21. The quantitative estimate of drug-likeness (QED) is 0.912. The van der Waals surface area contributed by atoms with Gasteiger partial charge in [-0.15, -0.1) is 0 Å². The molecular formula is C21H29N3O2. The van der Waals surface area contributed by atoms with Gasteiger partial charge in [-0.2, -0.15) is 5.10 Å². The molecule has 0 aliphatic carbocycles. The number of amides is 1. The SMILES string of the molecule is O=C(CC1CCOCC1)N1CCCC(Cc2ccc3[nH]ncc3c2)CC1. The Labute approximate surface area is 155 Å². The van der Waals surface area contributed by atoms with Crippen LogP contribution >= 0.6 is 0 Å². The van der Waals surface area contributed by atoms with E-state index in [2.05, 4.69) is 33.3 Å². The number of carbonyl (C=O) groups is 1. The van der Waals surface area contributed by atoms with Crippen LogP contribution in [-0.4, -0.2) is 47.3 Å². The number of nitrogens with one attached hydrogen (secondary N) is 1. The van der Waals surface area contributed by atoms with Gasteiger partial charge in [-0.1, -0.05) is 6.07 Å². The lowest BCUT2D eigenvalue weighted by atomic mass is 9.92. The van der Waals surface area contributed by atoms with E-state index in [0.717, 1.165) is 63.9 Å². The van der Waals surface area contributed by atoms with Gasteiger partial charge in [0.2, 0.25) is 5.91 Å². The molecule has 0 radical (unpaired) electrons. The van der Waals surface area contributed by atoms with E-state index < -0.39 is 0 Å². The number of likely N-dealkylation sites (tertiary alicyclic amines) is 1. The molecule has 2 fully saturated rings. The maximum absolute atomic E-state index is 12.7. The maximum Gasteiger partial charge on any atom is 0.222 e. The van der Waals surface area contributed by atoms with Gasteiger partial charge in [0, 0.05) is 38.1 Å². The fourth-order valence-corrected chi connectivity index (χ4v) is 4.40. The number of fused-ring (bicyclic) bond motifs is 1. The van der Waals surface area contributed by atoms with Crippen LogP contribution in [0.25, 0.3) is 10.9 Å². The van der Waals surface area contributed by atoms with Crippen LogP contribution in [0.5, 0.6) is 0 Å². The van der Waals surface area contributed by atoms with Crippen LogP contribution in [-0.2, 0) is 16.0 Å². The fourth-order valence-electron chi connectivity index (χ4n) is 4.40. The summed E-state index contributed by atoms with van der Waals surface area (Å²) in [7, 11) is 0. The lowest BCUT2D eigenvalue weighted by Crippen LogP contribution is -2.34. The molecule has 1 aromatic carbocycles. The van der Waals surface area contributed by atoms with E-state index in [1.807, 2.05) is 6.20 Å². The highest BCUT2D eigenvalue weighted by atomic mass is 16.5. The molecule has 3 heterocycles. The molecule has 1 atom stereocenters. The molecular weight excluding hydrogens is 326 g/mol. The van der Waals surface area contributed by atoms with E-state index in [1.165, 1.54) is 17.4 Å². The largest absolute Gasteiger partial charge is 0.381 e. The Bertz CT molecular complexity index is 736. The van der Waals surface area contributed by atoms with E-state index in [-0.39, 0.29) is 0 Å². The van der Waals surface area contributed by atoms with E-state index in [1.54, 1.807) is 0 Å². The van der Waals surface area contributed by atoms with Crippen LogP contribution in [0, 0.1) is 11.8 Å². The lowest BCUT2D eigenvalue weighted by molar-refractivity contribution is -0.132. The Hall–Kier alpha value is -1.88. The molecule has 1 N–H and O–H groups in total. The number of hydrogen-bond acceptors (Lipinski definition) is 3. The highest BCUT2D eigenvalue weighted by Crippen LogP contribution is 2.25. The van der Waals surface area contributed by atoms with Crippen LogP contribution in [0.1, 0.15) is 44.1 Å². The van der Waals surface area contributed by atoms with Crippen molar-refractivity contribution in [3.63, 3.8) is 0 Å². The third-order valence-corrected chi connectivity index (χ3v) is 6.03. The number of carbonyl (C=O) groups excluding carboxylic acids is 1. The molecule has 2 saturated heterocycles. The normalized spacial score (nSPS) is 22.5. The van der Waals surface area contributed by atoms with Gasteiger partial charge < -0.3 is 9.64 Å². The van der Waals surface area contributed by atoms with Crippen molar-refractivity contribution >= 4 is 16.8 Å². The maximum atomic E-state index is 12.7. The minimum atomic E-state index is 0.359. The smallest absolute Gasteiger partial charge is 0.222 e. The van der Waals surface area contributed by atoms with Gasteiger partial charge in [0.1, 0.15) is 0 Å². The predicted molar refractivity (Wildman–Crippen MR) is 102 cm³/mol. The summed E-state index contributed by atoms with van der Waals surface area (Å²) in [6.07, 6.45) is 9.24. The van der Waals surface area contributed by atoms with E-state index in [9.17, 15) is 4.79 Å². The molecule has 5 heteroatoms. The Morgan fingerprint density at radius 2 is 2.04 bits per heavy atom. The third-order valence-electron chi connectivity index (χ3n) is 6.03. The van der Waals surface area contributed by atoms with Crippen molar-refractivity contribution < 1.29 is 9.53 Å². The molecule has 140 valence electrons. The highest BCUT2D eigenvalue weighted by molar-refractivity contribution is 5.78. The topological polar surface area (TPSA) is 58.2 Å². The molecule has 1 aromatic heterocycles. The first-order chi connectivity index (χ1) is 12.8. The fraction of sp³-hybridized carbons (Fsp3) is 0.619. The number of rotatable bonds is 4. The van der Waals surface area contributed by atoms with Crippen molar-refractivity contribution in [1.29, 1.82) is 0 Å². The Balaban J connectivity index is 1.30. The van der Waals surface area contributed by atoms with Gasteiger partial charge in [0.15, 0.2) is 0 Å². The monoisotopic (exact) mass is 355 g/mol. The van der Waals surface area contributed by atoms with E-state index in [4.69, 9.17) is 4.74 Å². The number of H-pyrrole nitrogens is 1. The summed E-state index contributed by atoms with van der Waals surface area (Å²) in [4.78, 5) is 14.8. The van der Waals surface area contributed by atoms with Gasteiger partial charge in [-0.25, -0.2) is 0 Å². The summed E-state index contributed by atoms with van der Waals surface area (Å²) in [5, 5.41) is 8.30. The first-order valence-corrected chi connectivity index (χ1v) is 10.1. The van der Waals surface area contributed by atoms with Gasteiger partial charge in [-0.3, -0.25) is 9.89 Å². The molecule has 2 aromatic rings. The standard InChI is InChI=1S/C21H29N3O2/c25-21(14-17-6-10-26-11-7-17)24-8-1-2-16(5-9-24)12-18-3-4-20-19(13-18)15-22-23-20/h3-4,13,15-17H,1-2,5-12,14H2,(H,22,23). The molecule has 0 bridgehead atoms. The summed E-state index contributed by atoms with van der Waals surface area (Å²) in [6.45, 7) is 3.49. The Morgan fingerprint density at radius 3 is 2.92 bits per heavy atom. The number of benzene rings is 1. The first kappa shape index (κ1) is 17.5. The predicted octanol–water partition coefficient (Wildman–Crippen LogP) is 3.55. The van der Waals surface area contributed by atoms with Crippen LogP contribution < -0.4 is 0 Å². The molecule has 1 unspecified atom stereocenters. The lowest BCUT2D eigenvalue weighted by Gasteiger charge is -2.26. The van der Waals surface area contributed by atoms with Crippen molar-refractivity contribution in [3.05, 3.63) is 30.0 Å². The molecule has 2 aliphatic heterocycles. The molecule has 0 spiro atoms. The summed E-state index contributed by atoms with van der Waals surface area (Å²) in [5.74, 6) is 1.55. The number of hydrogen-bond donors (Lipinski definition) is 1. The number of nitrogens with zero attached hydrogens (tertiary/aromatic N) is 2. The zero-order valence-corrected chi connectivity index (χ0v) is 15.5. The zero-order chi connectivity index (χ0) is 17.8. The second-order valence-corrected chi connectivity index (χ2v) is 7.93. The van der Waals surface area contributed by atoms with Gasteiger partial charge >= 0.3 is 0 Å². The number of aromatic nitrogens is 2. The highest BCUT2D eigenvalue weighted by Gasteiger charge is 2.24. The van der Waals surface area contributed by atoms with E-state index >= 15 is 0 Å². The Kier molecular flexibility index (Phi) is 5.54.